The summed E-state index contributed by atoms with van der Waals surface area (Å²) in [6.45, 7) is 2.02. The van der Waals surface area contributed by atoms with Crippen LogP contribution in [-0.2, 0) is 4.74 Å². The lowest BCUT2D eigenvalue weighted by Crippen LogP contribution is -2.30. The van der Waals surface area contributed by atoms with Crippen LogP contribution in [0.25, 0.3) is 21.9 Å². The summed E-state index contributed by atoms with van der Waals surface area (Å²) in [5.41, 5.74) is 2.29. The van der Waals surface area contributed by atoms with Crippen molar-refractivity contribution in [2.45, 2.75) is 19.3 Å². The zero-order chi connectivity index (χ0) is 15.8. The number of esters is 1. The van der Waals surface area contributed by atoms with E-state index in [1.807, 2.05) is 12.1 Å². The van der Waals surface area contributed by atoms with Crippen LogP contribution in [0.2, 0.25) is 0 Å². The maximum absolute atomic E-state index is 11.8. The fourth-order valence-electron chi connectivity index (χ4n) is 3.30. The average Bonchev–Trinajstić information content (AvgIpc) is 2.99. The van der Waals surface area contributed by atoms with Crippen LogP contribution in [0.4, 0.5) is 5.82 Å². The molecule has 1 aliphatic rings. The minimum Gasteiger partial charge on any atom is -0.465 e. The third-order valence-electron chi connectivity index (χ3n) is 4.45. The van der Waals surface area contributed by atoms with Gasteiger partial charge in [-0.3, -0.25) is 0 Å². The second-order valence-corrected chi connectivity index (χ2v) is 5.85. The molecule has 0 saturated carbocycles. The first-order valence-electron chi connectivity index (χ1n) is 7.87. The predicted octanol–water partition coefficient (Wildman–Crippen LogP) is 2.89. The minimum absolute atomic E-state index is 0.336. The molecule has 3 heterocycles. The van der Waals surface area contributed by atoms with Gasteiger partial charge >= 0.3 is 5.97 Å². The van der Waals surface area contributed by atoms with Crippen molar-refractivity contribution in [3.05, 3.63) is 30.1 Å². The maximum atomic E-state index is 11.8. The number of anilines is 1. The van der Waals surface area contributed by atoms with Crippen LogP contribution in [-0.4, -0.2) is 41.1 Å². The van der Waals surface area contributed by atoms with Gasteiger partial charge in [-0.2, -0.15) is 0 Å². The molecule has 0 amide bonds. The Balaban J connectivity index is 1.94. The highest BCUT2D eigenvalue weighted by atomic mass is 16.5. The Morgan fingerprint density at radius 1 is 1.22 bits per heavy atom. The first-order chi connectivity index (χ1) is 11.3. The Morgan fingerprint density at radius 3 is 2.83 bits per heavy atom. The van der Waals surface area contributed by atoms with Crippen molar-refractivity contribution in [1.82, 2.24) is 15.0 Å². The summed E-state index contributed by atoms with van der Waals surface area (Å²) in [7, 11) is 1.39. The number of fused-ring (bicyclic) bond motifs is 3. The zero-order valence-electron chi connectivity index (χ0n) is 13.0. The lowest BCUT2D eigenvalue weighted by Gasteiger charge is -2.28. The van der Waals surface area contributed by atoms with Crippen molar-refractivity contribution in [2.24, 2.45) is 0 Å². The third-order valence-corrected chi connectivity index (χ3v) is 4.45. The number of benzene rings is 1. The Hall–Kier alpha value is -2.63. The Morgan fingerprint density at radius 2 is 2.04 bits per heavy atom. The van der Waals surface area contributed by atoms with E-state index in [2.05, 4.69) is 19.9 Å². The van der Waals surface area contributed by atoms with Gasteiger partial charge in [0.1, 0.15) is 17.8 Å². The molecule has 1 fully saturated rings. The lowest BCUT2D eigenvalue weighted by atomic mass is 10.1. The summed E-state index contributed by atoms with van der Waals surface area (Å²) in [6, 6.07) is 5.51. The summed E-state index contributed by atoms with van der Waals surface area (Å²) in [5, 5.41) is 1.94. The standard InChI is InChI=1S/C17H18N4O2/c1-23-17(22)11-5-6-13-12(9-11)14-15(20-13)18-10-19-16(14)21-7-3-2-4-8-21/h5-6,9-10H,2-4,7-8H2,1H3,(H,18,19,20). The van der Waals surface area contributed by atoms with Gasteiger partial charge in [0.05, 0.1) is 18.1 Å². The molecule has 1 aliphatic heterocycles. The number of piperidine rings is 1. The van der Waals surface area contributed by atoms with Crippen LogP contribution in [0, 0.1) is 0 Å². The van der Waals surface area contributed by atoms with Crippen molar-refractivity contribution < 1.29 is 9.53 Å². The van der Waals surface area contributed by atoms with Gasteiger partial charge in [-0.1, -0.05) is 0 Å². The van der Waals surface area contributed by atoms with Gasteiger partial charge in [-0.05, 0) is 37.5 Å². The first kappa shape index (κ1) is 14.0. The quantitative estimate of drug-likeness (QED) is 0.737. The number of carbonyl (C=O) groups excluding carboxylic acids is 1. The zero-order valence-corrected chi connectivity index (χ0v) is 13.0. The third kappa shape index (κ3) is 2.30. The number of nitrogens with one attached hydrogen (secondary N) is 1. The summed E-state index contributed by atoms with van der Waals surface area (Å²) in [5.74, 6) is 0.612. The number of aromatic nitrogens is 3. The second kappa shape index (κ2) is 5.53. The van der Waals surface area contributed by atoms with Gasteiger partial charge in [0, 0.05) is 24.0 Å². The number of methoxy groups -OCH3 is 1. The Bertz CT molecular complexity index is 881. The molecule has 6 nitrogen and oxygen atoms in total. The van der Waals surface area contributed by atoms with Crippen LogP contribution in [0.1, 0.15) is 29.6 Å². The van der Waals surface area contributed by atoms with E-state index in [0.717, 1.165) is 40.8 Å². The molecular formula is C17H18N4O2. The minimum atomic E-state index is -0.336. The predicted molar refractivity (Wildman–Crippen MR) is 88.8 cm³/mol. The van der Waals surface area contributed by atoms with Crippen molar-refractivity contribution >= 4 is 33.7 Å². The van der Waals surface area contributed by atoms with E-state index < -0.39 is 0 Å². The van der Waals surface area contributed by atoms with Crippen LogP contribution in [0.15, 0.2) is 24.5 Å². The van der Waals surface area contributed by atoms with Crippen LogP contribution < -0.4 is 4.90 Å². The van der Waals surface area contributed by atoms with Crippen LogP contribution in [0.5, 0.6) is 0 Å². The van der Waals surface area contributed by atoms with E-state index in [0.29, 0.717) is 5.56 Å². The molecule has 1 aromatic carbocycles. The molecule has 6 heteroatoms. The van der Waals surface area contributed by atoms with E-state index in [1.54, 1.807) is 12.4 Å². The van der Waals surface area contributed by atoms with E-state index in [1.165, 1.54) is 26.4 Å². The molecule has 118 valence electrons. The van der Waals surface area contributed by atoms with Crippen molar-refractivity contribution in [3.8, 4) is 0 Å². The smallest absolute Gasteiger partial charge is 0.337 e. The number of hydrogen-bond donors (Lipinski definition) is 1. The highest BCUT2D eigenvalue weighted by Crippen LogP contribution is 2.32. The van der Waals surface area contributed by atoms with Gasteiger partial charge in [-0.25, -0.2) is 14.8 Å². The SMILES string of the molecule is COC(=O)c1ccc2[nH]c3ncnc(N4CCCCC4)c3c2c1. The molecule has 1 saturated heterocycles. The van der Waals surface area contributed by atoms with Crippen LogP contribution >= 0.6 is 0 Å². The first-order valence-corrected chi connectivity index (χ1v) is 7.87. The molecular weight excluding hydrogens is 292 g/mol. The Labute approximate surface area is 133 Å². The van der Waals surface area contributed by atoms with E-state index >= 15 is 0 Å². The van der Waals surface area contributed by atoms with E-state index in [-0.39, 0.29) is 5.97 Å². The molecule has 0 aliphatic carbocycles. The number of rotatable bonds is 2. The number of ether oxygens (including phenoxy) is 1. The second-order valence-electron chi connectivity index (χ2n) is 5.85. The average molecular weight is 310 g/mol. The maximum Gasteiger partial charge on any atom is 0.337 e. The highest BCUT2D eigenvalue weighted by Gasteiger charge is 2.19. The van der Waals surface area contributed by atoms with Gasteiger partial charge in [0.25, 0.3) is 0 Å². The van der Waals surface area contributed by atoms with E-state index in [9.17, 15) is 4.79 Å². The molecule has 0 bridgehead atoms. The number of H-pyrrole nitrogens is 1. The molecule has 23 heavy (non-hydrogen) atoms. The normalized spacial score (nSPS) is 15.3. The molecule has 3 aromatic rings. The van der Waals surface area contributed by atoms with Crippen molar-refractivity contribution in [1.29, 1.82) is 0 Å². The van der Waals surface area contributed by atoms with Gasteiger partial charge in [0.15, 0.2) is 0 Å². The molecule has 0 spiro atoms. The number of carbonyl (C=O) groups is 1. The fourth-order valence-corrected chi connectivity index (χ4v) is 3.30. The highest BCUT2D eigenvalue weighted by molar-refractivity contribution is 6.12. The topological polar surface area (TPSA) is 71.1 Å². The van der Waals surface area contributed by atoms with Crippen molar-refractivity contribution in [3.63, 3.8) is 0 Å². The fraction of sp³-hybridized carbons (Fsp3) is 0.353. The molecule has 2 aromatic heterocycles. The van der Waals surface area contributed by atoms with Crippen LogP contribution in [0.3, 0.4) is 0 Å². The number of nitrogens with zero attached hydrogens (tertiary/aromatic N) is 3. The van der Waals surface area contributed by atoms with Gasteiger partial charge < -0.3 is 14.6 Å². The summed E-state index contributed by atoms with van der Waals surface area (Å²) in [6.07, 6.45) is 5.23. The van der Waals surface area contributed by atoms with Crippen molar-refractivity contribution in [2.75, 3.05) is 25.1 Å². The van der Waals surface area contributed by atoms with E-state index in [4.69, 9.17) is 4.74 Å². The molecule has 0 unspecified atom stereocenters. The summed E-state index contributed by atoms with van der Waals surface area (Å²) >= 11 is 0. The summed E-state index contributed by atoms with van der Waals surface area (Å²) < 4.78 is 4.83. The summed E-state index contributed by atoms with van der Waals surface area (Å²) in [4.78, 5) is 26.3. The molecule has 0 atom stereocenters. The monoisotopic (exact) mass is 310 g/mol. The number of aromatic amines is 1. The molecule has 0 radical (unpaired) electrons. The van der Waals surface area contributed by atoms with Gasteiger partial charge in [0.2, 0.25) is 0 Å². The molecule has 4 rings (SSSR count). The van der Waals surface area contributed by atoms with Gasteiger partial charge in [-0.15, -0.1) is 0 Å². The number of hydrogen-bond acceptors (Lipinski definition) is 5. The Kier molecular flexibility index (Phi) is 3.37. The molecule has 1 N–H and O–H groups in total. The largest absolute Gasteiger partial charge is 0.465 e. The lowest BCUT2D eigenvalue weighted by molar-refractivity contribution is 0.0601.